The predicted octanol–water partition coefficient (Wildman–Crippen LogP) is 1.24. The topological polar surface area (TPSA) is 58.6 Å². The molecule has 0 amide bonds. The molecule has 0 aliphatic carbocycles. The molecule has 5 heteroatoms. The van der Waals surface area contributed by atoms with Crippen LogP contribution in [0.5, 0.6) is 0 Å². The van der Waals surface area contributed by atoms with Crippen LogP contribution in [0.1, 0.15) is 11.3 Å². The van der Waals surface area contributed by atoms with Gasteiger partial charge in [0.15, 0.2) is 0 Å². The van der Waals surface area contributed by atoms with E-state index in [0.717, 1.165) is 11.3 Å². The minimum Gasteiger partial charge on any atom is -0.378 e. The Morgan fingerprint density at radius 3 is 2.81 bits per heavy atom. The number of hydrogen-bond acceptors (Lipinski definition) is 3. The van der Waals surface area contributed by atoms with Gasteiger partial charge in [0.25, 0.3) is 0 Å². The Morgan fingerprint density at radius 1 is 1.44 bits per heavy atom. The maximum atomic E-state index is 8.82. The maximum absolute atomic E-state index is 8.82. The third-order valence-electron chi connectivity index (χ3n) is 2.38. The van der Waals surface area contributed by atoms with Crippen LogP contribution in [0.4, 0.5) is 5.69 Å². The monoisotopic (exact) mass is 215 g/mol. The summed E-state index contributed by atoms with van der Waals surface area (Å²) >= 11 is 0. The molecule has 0 aliphatic rings. The normalized spacial score (nSPS) is 10.1. The molecule has 2 rings (SSSR count). The fourth-order valence-corrected chi connectivity index (χ4v) is 1.56. The number of aryl methyl sites for hydroxylation is 2. The molecule has 2 aromatic rings. The van der Waals surface area contributed by atoms with E-state index in [-0.39, 0.29) is 0 Å². The van der Waals surface area contributed by atoms with E-state index in [9.17, 15) is 0 Å². The number of nitriles is 1. The van der Waals surface area contributed by atoms with Crippen LogP contribution in [0.15, 0.2) is 24.7 Å². The van der Waals surface area contributed by atoms with Crippen LogP contribution in [0.2, 0.25) is 0 Å². The number of nitrogens with one attached hydrogen (secondary N) is 1. The summed E-state index contributed by atoms with van der Waals surface area (Å²) in [7, 11) is 3.74. The standard InChI is InChI=1S/C11H13N5/c1-15-7-9(3-11(15)4-12)5-13-10-6-14-16(2)8-10/h3,6-8,13H,5H2,1-2H3. The molecule has 0 bridgehead atoms. The summed E-state index contributed by atoms with van der Waals surface area (Å²) in [6, 6.07) is 4.02. The van der Waals surface area contributed by atoms with Crippen molar-refractivity contribution in [3.63, 3.8) is 0 Å². The molecule has 16 heavy (non-hydrogen) atoms. The van der Waals surface area contributed by atoms with Crippen LogP contribution in [0.3, 0.4) is 0 Å². The molecule has 82 valence electrons. The molecule has 0 spiro atoms. The van der Waals surface area contributed by atoms with Gasteiger partial charge in [-0.3, -0.25) is 4.68 Å². The molecular formula is C11H13N5. The lowest BCUT2D eigenvalue weighted by molar-refractivity contribution is 0.768. The van der Waals surface area contributed by atoms with Crippen molar-refractivity contribution in [2.45, 2.75) is 6.54 Å². The second-order valence-electron chi connectivity index (χ2n) is 3.71. The van der Waals surface area contributed by atoms with Gasteiger partial charge in [-0.05, 0) is 11.6 Å². The molecule has 0 unspecified atom stereocenters. The Hall–Kier alpha value is -2.22. The van der Waals surface area contributed by atoms with Crippen molar-refractivity contribution in [1.82, 2.24) is 14.3 Å². The summed E-state index contributed by atoms with van der Waals surface area (Å²) in [4.78, 5) is 0. The third-order valence-corrected chi connectivity index (χ3v) is 2.38. The number of anilines is 1. The van der Waals surface area contributed by atoms with Crippen LogP contribution in [0.25, 0.3) is 0 Å². The molecular weight excluding hydrogens is 202 g/mol. The van der Waals surface area contributed by atoms with Gasteiger partial charge in [-0.2, -0.15) is 10.4 Å². The van der Waals surface area contributed by atoms with Gasteiger partial charge < -0.3 is 9.88 Å². The van der Waals surface area contributed by atoms with E-state index in [1.165, 1.54) is 0 Å². The van der Waals surface area contributed by atoms with E-state index in [2.05, 4.69) is 16.5 Å². The summed E-state index contributed by atoms with van der Waals surface area (Å²) in [6.07, 6.45) is 5.63. The van der Waals surface area contributed by atoms with E-state index in [4.69, 9.17) is 5.26 Å². The lowest BCUT2D eigenvalue weighted by Crippen LogP contribution is -1.97. The van der Waals surface area contributed by atoms with Crippen LogP contribution in [-0.2, 0) is 20.6 Å². The first-order valence-electron chi connectivity index (χ1n) is 4.97. The number of aromatic nitrogens is 3. The zero-order chi connectivity index (χ0) is 11.5. The first kappa shape index (κ1) is 10.3. The van der Waals surface area contributed by atoms with Crippen molar-refractivity contribution in [3.8, 4) is 6.07 Å². The van der Waals surface area contributed by atoms with Gasteiger partial charge in [0.2, 0.25) is 0 Å². The molecule has 2 aromatic heterocycles. The lowest BCUT2D eigenvalue weighted by atomic mass is 10.3. The molecule has 0 aromatic carbocycles. The highest BCUT2D eigenvalue weighted by Crippen LogP contribution is 2.10. The summed E-state index contributed by atoms with van der Waals surface area (Å²) in [5, 5.41) is 16.1. The van der Waals surface area contributed by atoms with Crippen molar-refractivity contribution in [1.29, 1.82) is 5.26 Å². The van der Waals surface area contributed by atoms with Crippen LogP contribution in [0, 0.1) is 11.3 Å². The highest BCUT2D eigenvalue weighted by Gasteiger charge is 2.02. The van der Waals surface area contributed by atoms with Gasteiger partial charge >= 0.3 is 0 Å². The Balaban J connectivity index is 2.02. The molecule has 0 fully saturated rings. The van der Waals surface area contributed by atoms with E-state index in [0.29, 0.717) is 12.2 Å². The number of rotatable bonds is 3. The van der Waals surface area contributed by atoms with Gasteiger partial charge in [-0.1, -0.05) is 0 Å². The first-order valence-corrected chi connectivity index (χ1v) is 4.97. The van der Waals surface area contributed by atoms with E-state index >= 15 is 0 Å². The first-order chi connectivity index (χ1) is 7.69. The fourth-order valence-electron chi connectivity index (χ4n) is 1.56. The van der Waals surface area contributed by atoms with Crippen molar-refractivity contribution in [2.75, 3.05) is 5.32 Å². The molecule has 2 heterocycles. The minimum absolute atomic E-state index is 0.669. The zero-order valence-corrected chi connectivity index (χ0v) is 9.31. The smallest absolute Gasteiger partial charge is 0.120 e. The Morgan fingerprint density at radius 2 is 2.25 bits per heavy atom. The van der Waals surface area contributed by atoms with Crippen molar-refractivity contribution in [2.24, 2.45) is 14.1 Å². The Bertz CT molecular complexity index is 529. The quantitative estimate of drug-likeness (QED) is 0.838. The van der Waals surface area contributed by atoms with Crippen molar-refractivity contribution < 1.29 is 0 Å². The van der Waals surface area contributed by atoms with Gasteiger partial charge in [0.1, 0.15) is 11.8 Å². The fraction of sp³-hybridized carbons (Fsp3) is 0.273. The maximum Gasteiger partial charge on any atom is 0.120 e. The van der Waals surface area contributed by atoms with Gasteiger partial charge in [-0.25, -0.2) is 0 Å². The average molecular weight is 215 g/mol. The summed E-state index contributed by atoms with van der Waals surface area (Å²) in [6.45, 7) is 0.696. The number of hydrogen-bond donors (Lipinski definition) is 1. The SMILES string of the molecule is Cn1cc(NCc2cc(C#N)n(C)c2)cn1. The Labute approximate surface area is 93.9 Å². The molecule has 0 atom stereocenters. The number of nitrogens with zero attached hydrogens (tertiary/aromatic N) is 4. The summed E-state index contributed by atoms with van der Waals surface area (Å²) in [5.41, 5.74) is 2.73. The van der Waals surface area contributed by atoms with E-state index in [1.54, 1.807) is 10.9 Å². The van der Waals surface area contributed by atoms with Crippen LogP contribution < -0.4 is 5.32 Å². The summed E-state index contributed by atoms with van der Waals surface area (Å²) < 4.78 is 3.56. The third kappa shape index (κ3) is 2.06. The largest absolute Gasteiger partial charge is 0.378 e. The van der Waals surface area contributed by atoms with Crippen LogP contribution >= 0.6 is 0 Å². The van der Waals surface area contributed by atoms with Gasteiger partial charge in [-0.15, -0.1) is 0 Å². The van der Waals surface area contributed by atoms with Crippen molar-refractivity contribution >= 4 is 5.69 Å². The molecule has 0 aliphatic heterocycles. The van der Waals surface area contributed by atoms with E-state index < -0.39 is 0 Å². The highest BCUT2D eigenvalue weighted by molar-refractivity contribution is 5.39. The Kier molecular flexibility index (Phi) is 2.64. The van der Waals surface area contributed by atoms with Gasteiger partial charge in [0.05, 0.1) is 11.9 Å². The van der Waals surface area contributed by atoms with Crippen LogP contribution in [-0.4, -0.2) is 14.3 Å². The predicted molar refractivity (Wildman–Crippen MR) is 60.7 cm³/mol. The molecule has 0 saturated carbocycles. The zero-order valence-electron chi connectivity index (χ0n) is 9.31. The average Bonchev–Trinajstić information content (AvgIpc) is 2.82. The minimum atomic E-state index is 0.669. The van der Waals surface area contributed by atoms with Crippen molar-refractivity contribution in [3.05, 3.63) is 35.9 Å². The lowest BCUT2D eigenvalue weighted by Gasteiger charge is -1.99. The van der Waals surface area contributed by atoms with E-state index in [1.807, 2.05) is 37.1 Å². The molecule has 1 N–H and O–H groups in total. The van der Waals surface area contributed by atoms with Gasteiger partial charge in [0, 0.05) is 33.0 Å². The second kappa shape index (κ2) is 4.11. The summed E-state index contributed by atoms with van der Waals surface area (Å²) in [5.74, 6) is 0. The molecule has 5 nitrogen and oxygen atoms in total. The molecule has 0 radical (unpaired) electrons. The second-order valence-corrected chi connectivity index (χ2v) is 3.71. The molecule has 0 saturated heterocycles. The highest BCUT2D eigenvalue weighted by atomic mass is 15.3.